The predicted octanol–water partition coefficient (Wildman–Crippen LogP) is 0.146. The van der Waals surface area contributed by atoms with Gasteiger partial charge in [0.05, 0.1) is 6.20 Å². The number of amides is 1. The SMILES string of the molecule is Cn1c(=O)c2c([nH]c[n+]2CC(=O)Nc2ccc(-c3cnco3)cc2)n(C)c1=O. The molecule has 4 rings (SSSR count). The van der Waals surface area contributed by atoms with Crippen molar-refractivity contribution in [1.82, 2.24) is 19.1 Å². The van der Waals surface area contributed by atoms with Crippen molar-refractivity contribution in [2.24, 2.45) is 14.1 Å². The van der Waals surface area contributed by atoms with Crippen molar-refractivity contribution in [1.29, 1.82) is 0 Å². The number of rotatable bonds is 4. The summed E-state index contributed by atoms with van der Waals surface area (Å²) in [5, 5.41) is 2.78. The van der Waals surface area contributed by atoms with Gasteiger partial charge in [-0.25, -0.2) is 19.3 Å². The Morgan fingerprint density at radius 1 is 1.21 bits per heavy atom. The summed E-state index contributed by atoms with van der Waals surface area (Å²) >= 11 is 0. The van der Waals surface area contributed by atoms with Crippen LogP contribution in [0.2, 0.25) is 0 Å². The van der Waals surface area contributed by atoms with E-state index in [9.17, 15) is 14.4 Å². The van der Waals surface area contributed by atoms with Gasteiger partial charge in [-0.3, -0.25) is 18.7 Å². The molecule has 4 aromatic rings. The average Bonchev–Trinajstić information content (AvgIpc) is 3.35. The summed E-state index contributed by atoms with van der Waals surface area (Å²) in [6, 6.07) is 7.11. The number of oxazole rings is 1. The van der Waals surface area contributed by atoms with Gasteiger partial charge in [-0.05, 0) is 24.3 Å². The summed E-state index contributed by atoms with van der Waals surface area (Å²) in [6.07, 6.45) is 4.46. The first-order chi connectivity index (χ1) is 13.5. The van der Waals surface area contributed by atoms with E-state index in [1.54, 1.807) is 37.5 Å². The van der Waals surface area contributed by atoms with Gasteiger partial charge in [0.15, 0.2) is 18.7 Å². The van der Waals surface area contributed by atoms with Crippen LogP contribution in [0.5, 0.6) is 0 Å². The summed E-state index contributed by atoms with van der Waals surface area (Å²) in [7, 11) is 2.96. The van der Waals surface area contributed by atoms with Crippen LogP contribution in [0, 0.1) is 0 Å². The Labute approximate surface area is 157 Å². The van der Waals surface area contributed by atoms with Crippen LogP contribution < -0.4 is 21.1 Å². The maximum Gasteiger partial charge on any atom is 0.333 e. The van der Waals surface area contributed by atoms with E-state index in [2.05, 4.69) is 15.3 Å². The molecule has 0 fully saturated rings. The number of H-pyrrole nitrogens is 1. The van der Waals surface area contributed by atoms with E-state index in [1.807, 2.05) is 0 Å². The number of nitrogens with one attached hydrogen (secondary N) is 2. The molecule has 0 aliphatic heterocycles. The fourth-order valence-corrected chi connectivity index (χ4v) is 3.01. The Morgan fingerprint density at radius 3 is 2.64 bits per heavy atom. The van der Waals surface area contributed by atoms with E-state index in [4.69, 9.17) is 4.42 Å². The molecule has 3 heterocycles. The second-order valence-corrected chi connectivity index (χ2v) is 6.30. The molecule has 0 unspecified atom stereocenters. The van der Waals surface area contributed by atoms with E-state index >= 15 is 0 Å². The molecule has 2 N–H and O–H groups in total. The molecular weight excluding hydrogens is 364 g/mol. The van der Waals surface area contributed by atoms with Crippen molar-refractivity contribution in [2.45, 2.75) is 6.54 Å². The Morgan fingerprint density at radius 2 is 1.96 bits per heavy atom. The van der Waals surface area contributed by atoms with Crippen LogP contribution in [0.15, 0.2) is 57.2 Å². The van der Waals surface area contributed by atoms with Gasteiger partial charge in [-0.1, -0.05) is 0 Å². The fourth-order valence-electron chi connectivity index (χ4n) is 3.01. The molecule has 0 aliphatic rings. The van der Waals surface area contributed by atoms with E-state index < -0.39 is 11.2 Å². The molecule has 0 bridgehead atoms. The first kappa shape index (κ1) is 17.5. The molecule has 0 aliphatic carbocycles. The fraction of sp³-hybridized carbons (Fsp3) is 0.167. The number of benzene rings is 1. The highest BCUT2D eigenvalue weighted by molar-refractivity contribution is 5.90. The third-order valence-corrected chi connectivity index (χ3v) is 4.48. The van der Waals surface area contributed by atoms with Gasteiger partial charge in [-0.15, -0.1) is 0 Å². The topological polar surface area (TPSA) is 119 Å². The van der Waals surface area contributed by atoms with Crippen molar-refractivity contribution in [2.75, 3.05) is 5.32 Å². The van der Waals surface area contributed by atoms with Crippen molar-refractivity contribution in [3.8, 4) is 11.3 Å². The molecule has 1 aromatic carbocycles. The summed E-state index contributed by atoms with van der Waals surface area (Å²) in [5.74, 6) is 0.322. The molecular formula is C18H17N6O4+. The predicted molar refractivity (Wildman–Crippen MR) is 99.5 cm³/mol. The molecule has 142 valence electrons. The lowest BCUT2D eigenvalue weighted by Gasteiger charge is -2.05. The van der Waals surface area contributed by atoms with Crippen LogP contribution in [0.25, 0.3) is 22.5 Å². The Bertz CT molecular complexity index is 1280. The Hall–Kier alpha value is -3.95. The van der Waals surface area contributed by atoms with E-state index in [-0.39, 0.29) is 18.0 Å². The lowest BCUT2D eigenvalue weighted by Crippen LogP contribution is -2.46. The first-order valence-corrected chi connectivity index (χ1v) is 8.41. The number of carbonyl (C=O) groups is 1. The van der Waals surface area contributed by atoms with E-state index in [0.29, 0.717) is 17.1 Å². The number of hydrogen-bond donors (Lipinski definition) is 2. The van der Waals surface area contributed by atoms with E-state index in [1.165, 1.54) is 28.9 Å². The van der Waals surface area contributed by atoms with Gasteiger partial charge < -0.3 is 9.73 Å². The maximum absolute atomic E-state index is 12.4. The zero-order chi connectivity index (χ0) is 19.8. The van der Waals surface area contributed by atoms with Crippen LogP contribution in [0.3, 0.4) is 0 Å². The second kappa shape index (κ2) is 6.65. The highest BCUT2D eigenvalue weighted by atomic mass is 16.3. The van der Waals surface area contributed by atoms with Gasteiger partial charge in [0.1, 0.15) is 0 Å². The summed E-state index contributed by atoms with van der Waals surface area (Å²) < 4.78 is 9.04. The molecule has 3 aromatic heterocycles. The van der Waals surface area contributed by atoms with Crippen LogP contribution >= 0.6 is 0 Å². The standard InChI is InChI=1S/C18H16N6O4/c1-22-16-15(17(26)23(2)18(22)27)24(9-20-16)8-14(25)21-12-5-3-11(4-6-12)13-7-19-10-28-13/h3-7,9-10H,8H2,1-2H3,(H,21,25)/p+1. The zero-order valence-electron chi connectivity index (χ0n) is 15.2. The molecule has 10 heteroatoms. The molecule has 10 nitrogen and oxygen atoms in total. The monoisotopic (exact) mass is 381 g/mol. The van der Waals surface area contributed by atoms with Crippen LogP contribution in [-0.2, 0) is 25.4 Å². The number of aryl methyl sites for hydroxylation is 1. The third-order valence-electron chi connectivity index (χ3n) is 4.48. The van der Waals surface area contributed by atoms with Crippen molar-refractivity contribution >= 4 is 22.8 Å². The Balaban J connectivity index is 1.56. The molecule has 0 saturated heterocycles. The number of imidazole rings is 1. The summed E-state index contributed by atoms with van der Waals surface area (Å²) in [5.41, 5.74) is 1.14. The minimum atomic E-state index is -0.469. The zero-order valence-corrected chi connectivity index (χ0v) is 15.2. The summed E-state index contributed by atoms with van der Waals surface area (Å²) in [6.45, 7) is -0.0860. The lowest BCUT2D eigenvalue weighted by molar-refractivity contribution is -0.658. The van der Waals surface area contributed by atoms with Gasteiger partial charge in [-0.2, -0.15) is 0 Å². The molecule has 0 spiro atoms. The van der Waals surface area contributed by atoms with Gasteiger partial charge in [0, 0.05) is 25.3 Å². The largest absolute Gasteiger partial charge is 0.444 e. The van der Waals surface area contributed by atoms with Crippen LogP contribution in [0.1, 0.15) is 0 Å². The van der Waals surface area contributed by atoms with Crippen molar-refractivity contribution in [3.05, 3.63) is 64.0 Å². The minimum Gasteiger partial charge on any atom is -0.444 e. The number of anilines is 1. The number of hydrogen-bond acceptors (Lipinski definition) is 5. The maximum atomic E-state index is 12.4. The number of aromatic nitrogens is 5. The first-order valence-electron chi connectivity index (χ1n) is 8.41. The minimum absolute atomic E-state index is 0.0860. The normalized spacial score (nSPS) is 11.1. The van der Waals surface area contributed by atoms with Gasteiger partial charge in [0.25, 0.3) is 17.1 Å². The van der Waals surface area contributed by atoms with Gasteiger partial charge >= 0.3 is 11.2 Å². The molecule has 0 radical (unpaired) electrons. The van der Waals surface area contributed by atoms with Crippen molar-refractivity contribution in [3.63, 3.8) is 0 Å². The highest BCUT2D eigenvalue weighted by Gasteiger charge is 2.21. The smallest absolute Gasteiger partial charge is 0.333 e. The van der Waals surface area contributed by atoms with Gasteiger partial charge in [0.2, 0.25) is 6.33 Å². The third kappa shape index (κ3) is 2.90. The van der Waals surface area contributed by atoms with E-state index in [0.717, 1.165) is 10.1 Å². The highest BCUT2D eigenvalue weighted by Crippen LogP contribution is 2.20. The molecule has 0 saturated carbocycles. The molecule has 28 heavy (non-hydrogen) atoms. The number of carbonyl (C=O) groups excluding carboxylic acids is 1. The quantitative estimate of drug-likeness (QED) is 0.488. The average molecular weight is 381 g/mol. The van der Waals surface area contributed by atoms with Crippen LogP contribution in [0.4, 0.5) is 5.69 Å². The number of aromatic amines is 1. The second-order valence-electron chi connectivity index (χ2n) is 6.30. The number of nitrogens with zero attached hydrogens (tertiary/aromatic N) is 4. The lowest BCUT2D eigenvalue weighted by atomic mass is 10.2. The number of fused-ring (bicyclic) bond motifs is 1. The molecule has 0 atom stereocenters. The molecule has 1 amide bonds. The Kier molecular flexibility index (Phi) is 4.15. The van der Waals surface area contributed by atoms with Crippen LogP contribution in [-0.4, -0.2) is 25.0 Å². The summed E-state index contributed by atoms with van der Waals surface area (Å²) in [4.78, 5) is 43.6. The van der Waals surface area contributed by atoms with Crippen molar-refractivity contribution < 1.29 is 13.8 Å².